The van der Waals surface area contributed by atoms with E-state index in [0.717, 1.165) is 23.0 Å². The minimum absolute atomic E-state index is 0.0347. The Kier molecular flexibility index (Phi) is 6.96. The minimum atomic E-state index is -0.230. The first-order valence-corrected chi connectivity index (χ1v) is 10.6. The van der Waals surface area contributed by atoms with Crippen LogP contribution in [0.5, 0.6) is 0 Å². The molecule has 1 N–H and O–H groups in total. The standard InChI is InChI=1S/C20H25ClN4OS/c1-14(19(26)22-13-12-15-6-4-3-5-7-15)27-20-24-23-18(25(20)2)16-8-10-17(21)11-9-16/h6,8-11,14H,3-5,7,12-13H2,1-2H3,(H,22,26). The van der Waals surface area contributed by atoms with Gasteiger partial charge in [-0.1, -0.05) is 35.0 Å². The van der Waals surface area contributed by atoms with E-state index in [0.29, 0.717) is 11.6 Å². The van der Waals surface area contributed by atoms with Crippen LogP contribution in [-0.2, 0) is 11.8 Å². The van der Waals surface area contributed by atoms with E-state index in [1.54, 1.807) is 0 Å². The zero-order valence-corrected chi connectivity index (χ0v) is 17.3. The summed E-state index contributed by atoms with van der Waals surface area (Å²) in [5.74, 6) is 0.790. The summed E-state index contributed by atoms with van der Waals surface area (Å²) in [4.78, 5) is 12.4. The molecule has 2 aromatic rings. The summed E-state index contributed by atoms with van der Waals surface area (Å²) in [6.45, 7) is 2.60. The van der Waals surface area contributed by atoms with E-state index >= 15 is 0 Å². The normalized spacial score (nSPS) is 15.3. The molecule has 1 aromatic heterocycles. The summed E-state index contributed by atoms with van der Waals surface area (Å²) >= 11 is 7.36. The quantitative estimate of drug-likeness (QED) is 0.540. The van der Waals surface area contributed by atoms with Crippen molar-refractivity contribution in [2.24, 2.45) is 7.05 Å². The van der Waals surface area contributed by atoms with Gasteiger partial charge in [-0.05, 0) is 63.3 Å². The first-order valence-electron chi connectivity index (χ1n) is 9.32. The zero-order chi connectivity index (χ0) is 19.2. The predicted molar refractivity (Wildman–Crippen MR) is 111 cm³/mol. The number of hydrogen-bond donors (Lipinski definition) is 1. The van der Waals surface area contributed by atoms with Crippen LogP contribution in [0.1, 0.15) is 39.0 Å². The molecule has 1 unspecified atom stereocenters. The van der Waals surface area contributed by atoms with Crippen LogP contribution in [-0.4, -0.2) is 32.5 Å². The second-order valence-electron chi connectivity index (χ2n) is 6.78. The van der Waals surface area contributed by atoms with Crippen LogP contribution in [0.4, 0.5) is 0 Å². The Bertz CT molecular complexity index is 816. The molecule has 1 aliphatic rings. The maximum atomic E-state index is 12.4. The van der Waals surface area contributed by atoms with Crippen LogP contribution in [0.2, 0.25) is 5.02 Å². The average Bonchev–Trinajstić information content (AvgIpc) is 3.03. The van der Waals surface area contributed by atoms with Gasteiger partial charge in [-0.25, -0.2) is 0 Å². The fraction of sp³-hybridized carbons (Fsp3) is 0.450. The summed E-state index contributed by atoms with van der Waals surface area (Å²) in [5.41, 5.74) is 2.42. The van der Waals surface area contributed by atoms with Crippen molar-refractivity contribution in [3.8, 4) is 11.4 Å². The molecule has 1 aromatic carbocycles. The lowest BCUT2D eigenvalue weighted by atomic mass is 9.97. The predicted octanol–water partition coefficient (Wildman–Crippen LogP) is 4.62. The van der Waals surface area contributed by atoms with Crippen LogP contribution >= 0.6 is 23.4 Å². The van der Waals surface area contributed by atoms with Crippen LogP contribution in [0.25, 0.3) is 11.4 Å². The van der Waals surface area contributed by atoms with Crippen LogP contribution in [0, 0.1) is 0 Å². The number of aromatic nitrogens is 3. The highest BCUT2D eigenvalue weighted by Gasteiger charge is 2.19. The average molecular weight is 405 g/mol. The molecule has 0 spiro atoms. The number of carbonyl (C=O) groups excluding carboxylic acids is 1. The molecular weight excluding hydrogens is 380 g/mol. The molecule has 0 saturated heterocycles. The highest BCUT2D eigenvalue weighted by Crippen LogP contribution is 2.26. The van der Waals surface area contributed by atoms with Crippen molar-refractivity contribution in [1.29, 1.82) is 0 Å². The molecular formula is C20H25ClN4OS. The van der Waals surface area contributed by atoms with Gasteiger partial charge in [0.25, 0.3) is 0 Å². The molecule has 7 heteroatoms. The van der Waals surface area contributed by atoms with Crippen molar-refractivity contribution in [2.75, 3.05) is 6.54 Å². The molecule has 5 nitrogen and oxygen atoms in total. The van der Waals surface area contributed by atoms with E-state index < -0.39 is 0 Å². The minimum Gasteiger partial charge on any atom is -0.355 e. The molecule has 144 valence electrons. The Labute approximate surface area is 169 Å². The third-order valence-corrected chi connectivity index (χ3v) is 6.11. The molecule has 0 aliphatic heterocycles. The van der Waals surface area contributed by atoms with Crippen molar-refractivity contribution >= 4 is 29.3 Å². The summed E-state index contributed by atoms with van der Waals surface area (Å²) in [5, 5.41) is 12.7. The van der Waals surface area contributed by atoms with E-state index in [4.69, 9.17) is 11.6 Å². The van der Waals surface area contributed by atoms with Gasteiger partial charge in [-0.15, -0.1) is 10.2 Å². The second kappa shape index (κ2) is 9.42. The summed E-state index contributed by atoms with van der Waals surface area (Å²) in [6, 6.07) is 7.49. The van der Waals surface area contributed by atoms with E-state index in [1.807, 2.05) is 42.8 Å². The monoisotopic (exact) mass is 404 g/mol. The van der Waals surface area contributed by atoms with Crippen molar-refractivity contribution in [3.63, 3.8) is 0 Å². The number of benzene rings is 1. The van der Waals surface area contributed by atoms with E-state index in [-0.39, 0.29) is 11.2 Å². The zero-order valence-electron chi connectivity index (χ0n) is 15.7. The lowest BCUT2D eigenvalue weighted by Gasteiger charge is -2.14. The lowest BCUT2D eigenvalue weighted by Crippen LogP contribution is -2.32. The number of thioether (sulfide) groups is 1. The third-order valence-electron chi connectivity index (χ3n) is 4.72. The van der Waals surface area contributed by atoms with Crippen molar-refractivity contribution in [2.45, 2.75) is 49.4 Å². The number of amides is 1. The number of allylic oxidation sites excluding steroid dienone is 1. The maximum absolute atomic E-state index is 12.4. The smallest absolute Gasteiger partial charge is 0.233 e. The molecule has 0 saturated carbocycles. The van der Waals surface area contributed by atoms with Crippen molar-refractivity contribution < 1.29 is 4.79 Å². The number of hydrogen-bond acceptors (Lipinski definition) is 4. The molecule has 1 heterocycles. The number of halogens is 1. The topological polar surface area (TPSA) is 59.8 Å². The van der Waals surface area contributed by atoms with Gasteiger partial charge in [0, 0.05) is 24.2 Å². The Morgan fingerprint density at radius 2 is 2.07 bits per heavy atom. The fourth-order valence-corrected chi connectivity index (χ4v) is 4.07. The van der Waals surface area contributed by atoms with E-state index in [2.05, 4.69) is 21.6 Å². The fourth-order valence-electron chi connectivity index (χ4n) is 3.10. The Morgan fingerprint density at radius 1 is 1.30 bits per heavy atom. The lowest BCUT2D eigenvalue weighted by molar-refractivity contribution is -0.120. The molecule has 1 atom stereocenters. The highest BCUT2D eigenvalue weighted by molar-refractivity contribution is 8.00. The molecule has 0 bridgehead atoms. The van der Waals surface area contributed by atoms with Crippen LogP contribution in [0.3, 0.4) is 0 Å². The van der Waals surface area contributed by atoms with E-state index in [1.165, 1.54) is 43.0 Å². The van der Waals surface area contributed by atoms with Gasteiger partial charge in [0.2, 0.25) is 5.91 Å². The van der Waals surface area contributed by atoms with Crippen LogP contribution in [0.15, 0.2) is 41.1 Å². The molecule has 0 fully saturated rings. The van der Waals surface area contributed by atoms with Crippen LogP contribution < -0.4 is 5.32 Å². The summed E-state index contributed by atoms with van der Waals surface area (Å²) < 4.78 is 1.91. The SMILES string of the molecule is CC(Sc1nnc(-c2ccc(Cl)cc2)n1C)C(=O)NCCC1=CCCCC1. The number of nitrogens with one attached hydrogen (secondary N) is 1. The first-order chi connectivity index (χ1) is 13.0. The van der Waals surface area contributed by atoms with Crippen molar-refractivity contribution in [3.05, 3.63) is 40.9 Å². The summed E-state index contributed by atoms with van der Waals surface area (Å²) in [6.07, 6.45) is 8.19. The van der Waals surface area contributed by atoms with Gasteiger partial charge in [0.15, 0.2) is 11.0 Å². The van der Waals surface area contributed by atoms with Gasteiger partial charge in [0.1, 0.15) is 0 Å². The maximum Gasteiger partial charge on any atom is 0.233 e. The Hall–Kier alpha value is -1.79. The third kappa shape index (κ3) is 5.36. The number of rotatable bonds is 7. The van der Waals surface area contributed by atoms with Gasteiger partial charge >= 0.3 is 0 Å². The van der Waals surface area contributed by atoms with Gasteiger partial charge < -0.3 is 9.88 Å². The van der Waals surface area contributed by atoms with Gasteiger partial charge in [0.05, 0.1) is 5.25 Å². The molecule has 1 aliphatic carbocycles. The molecule has 3 rings (SSSR count). The van der Waals surface area contributed by atoms with Gasteiger partial charge in [-0.2, -0.15) is 0 Å². The molecule has 1 amide bonds. The van der Waals surface area contributed by atoms with E-state index in [9.17, 15) is 4.79 Å². The number of nitrogens with zero attached hydrogens (tertiary/aromatic N) is 3. The van der Waals surface area contributed by atoms with Gasteiger partial charge in [-0.3, -0.25) is 4.79 Å². The Morgan fingerprint density at radius 3 is 2.78 bits per heavy atom. The Balaban J connectivity index is 1.54. The second-order valence-corrected chi connectivity index (χ2v) is 8.53. The largest absolute Gasteiger partial charge is 0.355 e. The first kappa shape index (κ1) is 20.0. The summed E-state index contributed by atoms with van der Waals surface area (Å²) in [7, 11) is 1.91. The molecule has 27 heavy (non-hydrogen) atoms. The number of carbonyl (C=O) groups is 1. The molecule has 0 radical (unpaired) electrons. The highest BCUT2D eigenvalue weighted by atomic mass is 35.5. The van der Waals surface area contributed by atoms with Crippen molar-refractivity contribution in [1.82, 2.24) is 20.1 Å².